The van der Waals surface area contributed by atoms with Crippen LogP contribution in [0, 0.1) is 0 Å². The Bertz CT molecular complexity index is 891. The molecule has 6 heteroatoms. The lowest BCUT2D eigenvalue weighted by molar-refractivity contribution is -0.00247. The van der Waals surface area contributed by atoms with Gasteiger partial charge in [-0.2, -0.15) is 0 Å². The number of esters is 1. The van der Waals surface area contributed by atoms with Gasteiger partial charge in [-0.25, -0.2) is 9.59 Å². The molecule has 204 valence electrons. The fourth-order valence-corrected chi connectivity index (χ4v) is 3.98. The molecule has 0 amide bonds. The second kappa shape index (κ2) is 18.3. The van der Waals surface area contributed by atoms with Crippen molar-refractivity contribution in [1.29, 1.82) is 0 Å². The smallest absolute Gasteiger partial charge is 0.338 e. The minimum atomic E-state index is -0.974. The molecule has 0 radical (unpaired) electrons. The molecule has 0 aliphatic carbocycles. The number of carboxylic acids is 1. The fraction of sp³-hybridized carbons (Fsp3) is 0.548. The molecular formula is C31H44O6. The maximum Gasteiger partial charge on any atom is 0.338 e. The number of carbonyl (C=O) groups excluding carboxylic acids is 1. The van der Waals surface area contributed by atoms with Crippen LogP contribution in [0.1, 0.15) is 118 Å². The summed E-state index contributed by atoms with van der Waals surface area (Å²) in [6.07, 6.45) is 14.5. The molecule has 37 heavy (non-hydrogen) atoms. The Morgan fingerprint density at radius 1 is 0.649 bits per heavy atom. The number of hydrogen-bond donors (Lipinski definition) is 1. The summed E-state index contributed by atoms with van der Waals surface area (Å²) in [7, 11) is 0. The maximum atomic E-state index is 12.2. The van der Waals surface area contributed by atoms with Gasteiger partial charge in [0.25, 0.3) is 0 Å². The molecular weight excluding hydrogens is 468 g/mol. The lowest BCUT2D eigenvalue weighted by Crippen LogP contribution is -2.24. The number of unbranched alkanes of at least 4 members (excludes halogenated alkanes) is 10. The molecule has 0 aliphatic rings. The van der Waals surface area contributed by atoms with Crippen LogP contribution in [0.4, 0.5) is 0 Å². The summed E-state index contributed by atoms with van der Waals surface area (Å²) in [5.41, 5.74) is 0.695. The third kappa shape index (κ3) is 12.7. The number of carbonyl (C=O) groups is 2. The molecule has 2 aromatic rings. The monoisotopic (exact) mass is 512 g/mol. The number of aromatic carboxylic acids is 1. The highest BCUT2D eigenvalue weighted by Gasteiger charge is 2.14. The minimum Gasteiger partial charge on any atom is -0.478 e. The summed E-state index contributed by atoms with van der Waals surface area (Å²) in [4.78, 5) is 23.3. The number of hydrogen-bond acceptors (Lipinski definition) is 5. The molecule has 0 bridgehead atoms. The lowest BCUT2D eigenvalue weighted by atomic mass is 10.1. The molecule has 1 unspecified atom stereocenters. The third-order valence-electron chi connectivity index (χ3n) is 6.25. The van der Waals surface area contributed by atoms with Gasteiger partial charge in [0.2, 0.25) is 6.29 Å². The van der Waals surface area contributed by atoms with Gasteiger partial charge in [0.05, 0.1) is 17.7 Å². The van der Waals surface area contributed by atoms with Crippen LogP contribution in [0.25, 0.3) is 0 Å². The van der Waals surface area contributed by atoms with Crippen molar-refractivity contribution in [1.82, 2.24) is 0 Å². The van der Waals surface area contributed by atoms with Gasteiger partial charge in [-0.05, 0) is 61.4 Å². The van der Waals surface area contributed by atoms with E-state index in [1.54, 1.807) is 36.4 Å². The Morgan fingerprint density at radius 2 is 1.11 bits per heavy atom. The van der Waals surface area contributed by atoms with Crippen LogP contribution in [0.3, 0.4) is 0 Å². The number of ether oxygens (including phenoxy) is 3. The van der Waals surface area contributed by atoms with Gasteiger partial charge < -0.3 is 19.3 Å². The molecule has 0 aromatic heterocycles. The van der Waals surface area contributed by atoms with Crippen molar-refractivity contribution in [2.45, 2.75) is 104 Å². The molecule has 1 atom stereocenters. The second-order valence-electron chi connectivity index (χ2n) is 9.48. The summed E-state index contributed by atoms with van der Waals surface area (Å²) in [6.45, 7) is 4.71. The van der Waals surface area contributed by atoms with E-state index in [2.05, 4.69) is 13.8 Å². The Morgan fingerprint density at radius 3 is 1.59 bits per heavy atom. The van der Waals surface area contributed by atoms with Crippen molar-refractivity contribution in [2.24, 2.45) is 0 Å². The zero-order valence-electron chi connectivity index (χ0n) is 22.6. The molecule has 1 N–H and O–H groups in total. The number of carboxylic acid groups (broad SMARTS) is 1. The van der Waals surface area contributed by atoms with Crippen LogP contribution < -0.4 is 9.47 Å². The van der Waals surface area contributed by atoms with Crippen LogP contribution in [0.2, 0.25) is 0 Å². The van der Waals surface area contributed by atoms with Crippen molar-refractivity contribution >= 4 is 11.9 Å². The van der Waals surface area contributed by atoms with Crippen molar-refractivity contribution in [3.05, 3.63) is 59.7 Å². The van der Waals surface area contributed by atoms with E-state index in [0.29, 0.717) is 30.1 Å². The highest BCUT2D eigenvalue weighted by Crippen LogP contribution is 2.22. The van der Waals surface area contributed by atoms with Gasteiger partial charge in [0.1, 0.15) is 11.5 Å². The van der Waals surface area contributed by atoms with Crippen molar-refractivity contribution in [3.8, 4) is 11.5 Å². The first kappa shape index (κ1) is 30.2. The number of benzene rings is 2. The van der Waals surface area contributed by atoms with Crippen molar-refractivity contribution < 1.29 is 28.9 Å². The highest BCUT2D eigenvalue weighted by molar-refractivity contribution is 5.89. The normalized spacial score (nSPS) is 11.6. The summed E-state index contributed by atoms with van der Waals surface area (Å²) >= 11 is 0. The molecule has 0 aliphatic heterocycles. The predicted molar refractivity (Wildman–Crippen MR) is 147 cm³/mol. The Kier molecular flexibility index (Phi) is 14.9. The predicted octanol–water partition coefficient (Wildman–Crippen LogP) is 8.44. The standard InChI is InChI=1S/C31H44O6/c1-3-5-7-8-9-10-11-12-13-14-15-29(36-27-20-16-25(17-21-27)30(32)33)37-28-22-18-26(19-23-28)31(34)35-24-6-4-2/h16-23,29H,3-15,24H2,1-2H3,(H,32,33). The first-order valence-corrected chi connectivity index (χ1v) is 14.0. The first-order valence-electron chi connectivity index (χ1n) is 14.0. The van der Waals surface area contributed by atoms with Crippen LogP contribution in [-0.2, 0) is 4.74 Å². The molecule has 0 saturated carbocycles. The van der Waals surface area contributed by atoms with Crippen molar-refractivity contribution in [3.63, 3.8) is 0 Å². The largest absolute Gasteiger partial charge is 0.478 e. The molecule has 2 aromatic carbocycles. The molecule has 0 heterocycles. The average molecular weight is 513 g/mol. The topological polar surface area (TPSA) is 82.1 Å². The van der Waals surface area contributed by atoms with E-state index < -0.39 is 12.3 Å². The molecule has 2 rings (SSSR count). The average Bonchev–Trinajstić information content (AvgIpc) is 2.90. The van der Waals surface area contributed by atoms with E-state index in [-0.39, 0.29) is 11.5 Å². The van der Waals surface area contributed by atoms with E-state index >= 15 is 0 Å². The third-order valence-corrected chi connectivity index (χ3v) is 6.25. The summed E-state index contributed by atoms with van der Waals surface area (Å²) in [5, 5.41) is 9.13. The van der Waals surface area contributed by atoms with Gasteiger partial charge in [-0.3, -0.25) is 0 Å². The Balaban J connectivity index is 1.88. The zero-order chi connectivity index (χ0) is 26.7. The molecule has 0 fully saturated rings. The Hall–Kier alpha value is -3.02. The maximum absolute atomic E-state index is 12.2. The van der Waals surface area contributed by atoms with E-state index in [4.69, 9.17) is 19.3 Å². The number of rotatable bonds is 20. The van der Waals surface area contributed by atoms with E-state index in [9.17, 15) is 9.59 Å². The van der Waals surface area contributed by atoms with E-state index in [1.165, 1.54) is 63.5 Å². The SMILES string of the molecule is CCCCCCCCCCCCC(Oc1ccc(C(=O)O)cc1)Oc1ccc(C(=O)OCCCC)cc1. The van der Waals surface area contributed by atoms with Gasteiger partial charge in [-0.1, -0.05) is 78.1 Å². The Labute approximate surface area is 222 Å². The van der Waals surface area contributed by atoms with Gasteiger partial charge >= 0.3 is 11.9 Å². The van der Waals surface area contributed by atoms with Gasteiger partial charge in [0.15, 0.2) is 0 Å². The second-order valence-corrected chi connectivity index (χ2v) is 9.48. The van der Waals surface area contributed by atoms with Crippen LogP contribution >= 0.6 is 0 Å². The molecule has 6 nitrogen and oxygen atoms in total. The van der Waals surface area contributed by atoms with Gasteiger partial charge in [-0.15, -0.1) is 0 Å². The summed E-state index contributed by atoms with van der Waals surface area (Å²) in [5.74, 6) is -0.155. The van der Waals surface area contributed by atoms with Crippen LogP contribution in [-0.4, -0.2) is 29.9 Å². The summed E-state index contributed by atoms with van der Waals surface area (Å²) < 4.78 is 17.5. The minimum absolute atomic E-state index is 0.209. The lowest BCUT2D eigenvalue weighted by Gasteiger charge is -2.21. The molecule has 0 saturated heterocycles. The van der Waals surface area contributed by atoms with Crippen LogP contribution in [0.5, 0.6) is 11.5 Å². The van der Waals surface area contributed by atoms with E-state index in [0.717, 1.165) is 25.7 Å². The first-order chi connectivity index (χ1) is 18.0. The quantitative estimate of drug-likeness (QED) is 0.109. The van der Waals surface area contributed by atoms with Crippen LogP contribution in [0.15, 0.2) is 48.5 Å². The van der Waals surface area contributed by atoms with Crippen molar-refractivity contribution in [2.75, 3.05) is 6.61 Å². The van der Waals surface area contributed by atoms with Gasteiger partial charge in [0, 0.05) is 6.42 Å². The fourth-order valence-electron chi connectivity index (χ4n) is 3.98. The van der Waals surface area contributed by atoms with E-state index in [1.807, 2.05) is 0 Å². The molecule has 0 spiro atoms. The summed E-state index contributed by atoms with van der Waals surface area (Å²) in [6, 6.07) is 13.2. The highest BCUT2D eigenvalue weighted by atomic mass is 16.7. The zero-order valence-corrected chi connectivity index (χ0v) is 22.6.